The quantitative estimate of drug-likeness (QED) is 0.555. The number of benzene rings is 1. The van der Waals surface area contributed by atoms with E-state index in [0.717, 1.165) is 11.3 Å². The number of nitrogens with zero attached hydrogens (tertiary/aromatic N) is 2. The van der Waals surface area contributed by atoms with Gasteiger partial charge in [-0.3, -0.25) is 5.41 Å². The molecule has 0 radical (unpaired) electrons. The van der Waals surface area contributed by atoms with Crippen LogP contribution < -0.4 is 4.80 Å². The van der Waals surface area contributed by atoms with Gasteiger partial charge >= 0.3 is 0 Å². The van der Waals surface area contributed by atoms with Crippen molar-refractivity contribution >= 4 is 46.1 Å². The first-order valence-corrected chi connectivity index (χ1v) is 6.34. The van der Waals surface area contributed by atoms with E-state index in [4.69, 9.17) is 40.2 Å². The Morgan fingerprint density at radius 1 is 1.06 bits per heavy atom. The Bertz CT molecular complexity index is 660. The smallest absolute Gasteiger partial charge is 0.223 e. The van der Waals surface area contributed by atoms with Crippen LogP contribution in [0.1, 0.15) is 0 Å². The molecule has 0 amide bonds. The molecule has 94 valence electrons. The van der Waals surface area contributed by atoms with Gasteiger partial charge in [0.15, 0.2) is 5.75 Å². The molecule has 1 aromatic carbocycles. The number of aromatic nitrogens is 2. The maximum Gasteiger partial charge on any atom is 0.223 e. The van der Waals surface area contributed by atoms with E-state index in [-0.39, 0.29) is 31.2 Å². The molecule has 0 spiro atoms. The molecule has 9 heteroatoms. The van der Waals surface area contributed by atoms with Crippen molar-refractivity contribution in [3.8, 4) is 21.9 Å². The summed E-state index contributed by atoms with van der Waals surface area (Å²) in [5.74, 6) is -0.820. The number of phenols is 2. The normalized spacial score (nSPS) is 10.6. The molecule has 0 unspecified atom stereocenters. The Morgan fingerprint density at radius 2 is 1.67 bits per heavy atom. The van der Waals surface area contributed by atoms with Crippen LogP contribution in [-0.2, 0) is 0 Å². The molecule has 0 aliphatic rings. The lowest BCUT2D eigenvalue weighted by atomic mass is 10.1. The Balaban J connectivity index is 2.84. The van der Waals surface area contributed by atoms with E-state index in [2.05, 4.69) is 10.2 Å². The Morgan fingerprint density at radius 3 is 2.28 bits per heavy atom. The van der Waals surface area contributed by atoms with E-state index in [1.54, 1.807) is 0 Å². The molecule has 0 atom stereocenters. The molecule has 2 rings (SSSR count). The van der Waals surface area contributed by atoms with Gasteiger partial charge in [0.1, 0.15) is 15.8 Å². The van der Waals surface area contributed by atoms with Crippen molar-refractivity contribution in [3.63, 3.8) is 0 Å². The molecule has 0 fully saturated rings. The minimum absolute atomic E-state index is 0.0666. The molecule has 0 bridgehead atoms. The van der Waals surface area contributed by atoms with Crippen molar-refractivity contribution in [2.24, 2.45) is 0 Å². The summed E-state index contributed by atoms with van der Waals surface area (Å²) in [5.41, 5.74) is 0.0666. The summed E-state index contributed by atoms with van der Waals surface area (Å²) >= 11 is 18.3. The van der Waals surface area contributed by atoms with E-state index < -0.39 is 5.75 Å². The van der Waals surface area contributed by atoms with Gasteiger partial charge in [0, 0.05) is 0 Å². The second-order valence-electron chi connectivity index (χ2n) is 3.13. The van der Waals surface area contributed by atoms with Gasteiger partial charge in [-0.2, -0.15) is 5.10 Å². The molecular weight excluding hydrogens is 321 g/mol. The fraction of sp³-hybridized carbons (Fsp3) is 0. The first kappa shape index (κ1) is 13.4. The van der Waals surface area contributed by atoms with Crippen LogP contribution in [0.4, 0.5) is 0 Å². The highest BCUT2D eigenvalue weighted by molar-refractivity contribution is 7.12. The average molecular weight is 325 g/mol. The van der Waals surface area contributed by atoms with Crippen LogP contribution in [0.5, 0.6) is 11.5 Å². The van der Waals surface area contributed by atoms with Gasteiger partial charge in [0.05, 0.1) is 21.7 Å². The van der Waals surface area contributed by atoms with Crippen LogP contribution in [0, 0.1) is 5.41 Å². The molecular formula is C9H4Cl3N3O2S. The number of hydrogen-bond donors (Lipinski definition) is 3. The fourth-order valence-corrected chi connectivity index (χ4v) is 2.72. The van der Waals surface area contributed by atoms with Gasteiger partial charge in [-0.1, -0.05) is 46.1 Å². The highest BCUT2D eigenvalue weighted by Crippen LogP contribution is 2.50. The van der Waals surface area contributed by atoms with Crippen molar-refractivity contribution in [1.29, 1.82) is 5.41 Å². The summed E-state index contributed by atoms with van der Waals surface area (Å²) in [4.78, 5) is 0.264. The number of nitrogens with one attached hydrogen (secondary N) is 1. The van der Waals surface area contributed by atoms with Gasteiger partial charge in [-0.05, 0) is 0 Å². The monoisotopic (exact) mass is 323 g/mol. The Labute approximate surface area is 120 Å². The topological polar surface area (TPSA) is 90.1 Å². The molecule has 1 heterocycles. The summed E-state index contributed by atoms with van der Waals surface area (Å²) in [6.45, 7) is 0. The minimum Gasteiger partial charge on any atom is -0.506 e. The van der Waals surface area contributed by atoms with Gasteiger partial charge < -0.3 is 10.2 Å². The predicted molar refractivity (Wildman–Crippen MR) is 69.6 cm³/mol. The Hall–Kier alpha value is -1.08. The van der Waals surface area contributed by atoms with E-state index >= 15 is 0 Å². The molecule has 5 nitrogen and oxygen atoms in total. The zero-order valence-corrected chi connectivity index (χ0v) is 11.5. The van der Waals surface area contributed by atoms with Crippen molar-refractivity contribution in [2.75, 3.05) is 0 Å². The third-order valence-corrected chi connectivity index (χ3v) is 4.05. The number of rotatable bonds is 1. The summed E-state index contributed by atoms with van der Waals surface area (Å²) < 4.78 is 0. The summed E-state index contributed by atoms with van der Waals surface area (Å²) in [6, 6.07) is 0. The second kappa shape index (κ2) is 4.89. The lowest BCUT2D eigenvalue weighted by Gasteiger charge is -2.11. The van der Waals surface area contributed by atoms with Crippen molar-refractivity contribution in [3.05, 3.63) is 26.1 Å². The first-order valence-electron chi connectivity index (χ1n) is 4.39. The third-order valence-electron chi connectivity index (χ3n) is 2.05. The first-order chi connectivity index (χ1) is 8.43. The highest BCUT2D eigenvalue weighted by Gasteiger charge is 2.22. The molecule has 18 heavy (non-hydrogen) atoms. The predicted octanol–water partition coefficient (Wildman–Crippen LogP) is 3.06. The number of hydrogen-bond acceptors (Lipinski definition) is 6. The third kappa shape index (κ3) is 2.12. The standard InChI is InChI=1S/C9H4Cl3N3O2S/c10-4-3(2-1-14-15-9(13)18-2)7(16)5(11)6(12)8(4)17/h1,13,16-17H. The van der Waals surface area contributed by atoms with Crippen LogP contribution in [0.15, 0.2) is 6.20 Å². The van der Waals surface area contributed by atoms with E-state index in [0.29, 0.717) is 4.88 Å². The van der Waals surface area contributed by atoms with Crippen LogP contribution in [0.2, 0.25) is 15.1 Å². The maximum absolute atomic E-state index is 9.91. The SMILES string of the molecule is N=c1nncc(-c2c(O)c(Cl)c(Cl)c(O)c2Cl)s1. The molecule has 3 N–H and O–H groups in total. The van der Waals surface area contributed by atoms with Gasteiger partial charge in [-0.25, -0.2) is 0 Å². The molecule has 0 saturated carbocycles. The summed E-state index contributed by atoms with van der Waals surface area (Å²) in [6.07, 6.45) is 1.30. The molecule has 0 aliphatic heterocycles. The van der Waals surface area contributed by atoms with E-state index in [1.807, 2.05) is 0 Å². The summed E-state index contributed by atoms with van der Waals surface area (Å²) in [5, 5.41) is 33.4. The maximum atomic E-state index is 9.91. The van der Waals surface area contributed by atoms with Crippen molar-refractivity contribution in [1.82, 2.24) is 10.2 Å². The number of aromatic hydroxyl groups is 2. The van der Waals surface area contributed by atoms with Crippen molar-refractivity contribution in [2.45, 2.75) is 0 Å². The molecule has 0 aliphatic carbocycles. The Kier molecular flexibility index (Phi) is 3.63. The molecule has 1 aromatic heterocycles. The highest BCUT2D eigenvalue weighted by atomic mass is 35.5. The number of halogens is 3. The summed E-state index contributed by atoms with van der Waals surface area (Å²) in [7, 11) is 0. The molecule has 2 aromatic rings. The zero-order valence-electron chi connectivity index (χ0n) is 8.41. The van der Waals surface area contributed by atoms with Gasteiger partial charge in [0.25, 0.3) is 0 Å². The van der Waals surface area contributed by atoms with E-state index in [1.165, 1.54) is 6.20 Å². The molecule has 0 saturated heterocycles. The van der Waals surface area contributed by atoms with E-state index in [9.17, 15) is 10.2 Å². The number of phenolic OH excluding ortho intramolecular Hbond substituents is 2. The van der Waals surface area contributed by atoms with Gasteiger partial charge in [-0.15, -0.1) is 5.10 Å². The lowest BCUT2D eigenvalue weighted by molar-refractivity contribution is 0.462. The largest absolute Gasteiger partial charge is 0.506 e. The van der Waals surface area contributed by atoms with Crippen LogP contribution >= 0.6 is 46.1 Å². The van der Waals surface area contributed by atoms with Crippen LogP contribution in [0.25, 0.3) is 10.4 Å². The van der Waals surface area contributed by atoms with Crippen LogP contribution in [0.3, 0.4) is 0 Å². The fourth-order valence-electron chi connectivity index (χ4n) is 1.26. The zero-order chi connectivity index (χ0) is 13.4. The van der Waals surface area contributed by atoms with Crippen molar-refractivity contribution < 1.29 is 10.2 Å². The second-order valence-corrected chi connectivity index (χ2v) is 5.29. The van der Waals surface area contributed by atoms with Crippen LogP contribution in [-0.4, -0.2) is 20.4 Å². The lowest BCUT2D eigenvalue weighted by Crippen LogP contribution is -2.02. The average Bonchev–Trinajstić information content (AvgIpc) is 2.34. The minimum atomic E-state index is -0.438. The van der Waals surface area contributed by atoms with Gasteiger partial charge in [0.2, 0.25) is 4.80 Å².